The molecule has 2 unspecified atom stereocenters. The van der Waals surface area contributed by atoms with E-state index in [4.69, 9.17) is 5.84 Å². The normalized spacial score (nSPS) is 24.8. The Bertz CT molecular complexity index is 397. The van der Waals surface area contributed by atoms with E-state index in [0.29, 0.717) is 11.7 Å². The van der Waals surface area contributed by atoms with E-state index in [1.807, 2.05) is 4.90 Å². The van der Waals surface area contributed by atoms with E-state index < -0.39 is 5.82 Å². The molecule has 3 N–H and O–H groups in total. The SMILES string of the molecule is CC1CCN(c2nc(NN)ncc2F)C(C)C1. The number of halogens is 1. The van der Waals surface area contributed by atoms with Crippen molar-refractivity contribution in [2.75, 3.05) is 16.9 Å². The van der Waals surface area contributed by atoms with Gasteiger partial charge in [0.25, 0.3) is 0 Å². The number of nitrogen functional groups attached to an aromatic ring is 1. The van der Waals surface area contributed by atoms with Crippen molar-refractivity contribution in [3.8, 4) is 0 Å². The van der Waals surface area contributed by atoms with Crippen LogP contribution in [0.15, 0.2) is 6.20 Å². The van der Waals surface area contributed by atoms with Crippen LogP contribution in [0.1, 0.15) is 26.7 Å². The fourth-order valence-electron chi connectivity index (χ4n) is 2.35. The van der Waals surface area contributed by atoms with Gasteiger partial charge < -0.3 is 4.90 Å². The van der Waals surface area contributed by atoms with Crippen LogP contribution in [0.2, 0.25) is 0 Å². The zero-order chi connectivity index (χ0) is 12.4. The molecule has 1 aliphatic rings. The third-order valence-corrected chi connectivity index (χ3v) is 3.27. The maximum atomic E-state index is 13.7. The number of anilines is 2. The van der Waals surface area contributed by atoms with Crippen LogP contribution in [-0.2, 0) is 0 Å². The number of aromatic nitrogens is 2. The summed E-state index contributed by atoms with van der Waals surface area (Å²) in [5.74, 6) is 6.10. The Balaban J connectivity index is 2.26. The molecule has 0 spiro atoms. The van der Waals surface area contributed by atoms with Crippen molar-refractivity contribution in [3.05, 3.63) is 12.0 Å². The first-order chi connectivity index (χ1) is 8.11. The van der Waals surface area contributed by atoms with Gasteiger partial charge >= 0.3 is 0 Å². The summed E-state index contributed by atoms with van der Waals surface area (Å²) in [5.41, 5.74) is 2.34. The van der Waals surface area contributed by atoms with Crippen molar-refractivity contribution in [1.82, 2.24) is 9.97 Å². The summed E-state index contributed by atoms with van der Waals surface area (Å²) in [5, 5.41) is 0. The molecule has 94 valence electrons. The molecule has 0 aromatic carbocycles. The van der Waals surface area contributed by atoms with Crippen LogP contribution in [-0.4, -0.2) is 22.6 Å². The van der Waals surface area contributed by atoms with Crippen molar-refractivity contribution in [3.63, 3.8) is 0 Å². The highest BCUT2D eigenvalue weighted by Gasteiger charge is 2.26. The van der Waals surface area contributed by atoms with E-state index in [2.05, 4.69) is 29.2 Å². The lowest BCUT2D eigenvalue weighted by molar-refractivity contribution is 0.372. The highest BCUT2D eigenvalue weighted by atomic mass is 19.1. The first-order valence-electron chi connectivity index (χ1n) is 5.87. The van der Waals surface area contributed by atoms with Gasteiger partial charge in [0, 0.05) is 12.6 Å². The van der Waals surface area contributed by atoms with Gasteiger partial charge in [-0.15, -0.1) is 0 Å². The molecule has 2 atom stereocenters. The van der Waals surface area contributed by atoms with Gasteiger partial charge in [0.15, 0.2) is 11.6 Å². The van der Waals surface area contributed by atoms with Gasteiger partial charge in [-0.25, -0.2) is 15.2 Å². The lowest BCUT2D eigenvalue weighted by Gasteiger charge is -2.37. The second-order valence-electron chi connectivity index (χ2n) is 4.68. The fraction of sp³-hybridized carbons (Fsp3) is 0.636. The van der Waals surface area contributed by atoms with Crippen molar-refractivity contribution in [1.29, 1.82) is 0 Å². The highest BCUT2D eigenvalue weighted by molar-refractivity contribution is 5.44. The molecule has 6 heteroatoms. The van der Waals surface area contributed by atoms with E-state index >= 15 is 0 Å². The summed E-state index contributed by atoms with van der Waals surface area (Å²) < 4.78 is 13.7. The largest absolute Gasteiger partial charge is 0.351 e. The van der Waals surface area contributed by atoms with Gasteiger partial charge in [0.05, 0.1) is 6.20 Å². The summed E-state index contributed by atoms with van der Waals surface area (Å²) in [7, 11) is 0. The molecule has 1 aliphatic heterocycles. The van der Waals surface area contributed by atoms with Crippen molar-refractivity contribution in [2.45, 2.75) is 32.7 Å². The molecule has 0 bridgehead atoms. The van der Waals surface area contributed by atoms with Crippen LogP contribution in [0.5, 0.6) is 0 Å². The quantitative estimate of drug-likeness (QED) is 0.605. The van der Waals surface area contributed by atoms with E-state index in [1.54, 1.807) is 0 Å². The molecule has 17 heavy (non-hydrogen) atoms. The molecule has 1 aromatic rings. The van der Waals surface area contributed by atoms with Crippen LogP contribution in [0.4, 0.5) is 16.2 Å². The molecule has 0 saturated carbocycles. The molecule has 2 rings (SSSR count). The van der Waals surface area contributed by atoms with E-state index in [9.17, 15) is 4.39 Å². The van der Waals surface area contributed by atoms with Crippen molar-refractivity contribution >= 4 is 11.8 Å². The molecule has 2 heterocycles. The monoisotopic (exact) mass is 239 g/mol. The second-order valence-corrected chi connectivity index (χ2v) is 4.68. The molecule has 1 fully saturated rings. The predicted molar refractivity (Wildman–Crippen MR) is 65.0 cm³/mol. The maximum absolute atomic E-state index is 13.7. The molecule has 0 aliphatic carbocycles. The molecule has 1 aromatic heterocycles. The maximum Gasteiger partial charge on any atom is 0.239 e. The van der Waals surface area contributed by atoms with Crippen LogP contribution in [0, 0.1) is 11.7 Å². The molecule has 5 nitrogen and oxygen atoms in total. The van der Waals surface area contributed by atoms with Crippen LogP contribution < -0.4 is 16.2 Å². The third-order valence-electron chi connectivity index (χ3n) is 3.27. The Hall–Kier alpha value is -1.43. The lowest BCUT2D eigenvalue weighted by Crippen LogP contribution is -2.41. The Morgan fingerprint density at radius 2 is 2.29 bits per heavy atom. The van der Waals surface area contributed by atoms with Gasteiger partial charge in [-0.2, -0.15) is 4.98 Å². The summed E-state index contributed by atoms with van der Waals surface area (Å²) >= 11 is 0. The van der Waals surface area contributed by atoms with Gasteiger partial charge in [-0.1, -0.05) is 6.92 Å². The van der Waals surface area contributed by atoms with Crippen LogP contribution in [0.25, 0.3) is 0 Å². The summed E-state index contributed by atoms with van der Waals surface area (Å²) in [4.78, 5) is 9.82. The average Bonchev–Trinajstić information content (AvgIpc) is 2.30. The highest BCUT2D eigenvalue weighted by Crippen LogP contribution is 2.28. The first kappa shape index (κ1) is 12.0. The smallest absolute Gasteiger partial charge is 0.239 e. The van der Waals surface area contributed by atoms with Crippen molar-refractivity contribution < 1.29 is 4.39 Å². The van der Waals surface area contributed by atoms with Gasteiger partial charge in [-0.3, -0.25) is 5.43 Å². The number of hydrazine groups is 1. The molecule has 0 amide bonds. The fourth-order valence-corrected chi connectivity index (χ4v) is 2.35. The minimum Gasteiger partial charge on any atom is -0.351 e. The van der Waals surface area contributed by atoms with Crippen LogP contribution in [0.3, 0.4) is 0 Å². The average molecular weight is 239 g/mol. The minimum atomic E-state index is -0.398. The van der Waals surface area contributed by atoms with Gasteiger partial charge in [0.2, 0.25) is 5.95 Å². The second kappa shape index (κ2) is 4.83. The lowest BCUT2D eigenvalue weighted by atomic mass is 9.93. The Morgan fingerprint density at radius 3 is 2.94 bits per heavy atom. The van der Waals surface area contributed by atoms with Crippen LogP contribution >= 0.6 is 0 Å². The molecular formula is C11H18FN5. The number of nitrogens with one attached hydrogen (secondary N) is 1. The zero-order valence-corrected chi connectivity index (χ0v) is 10.2. The van der Waals surface area contributed by atoms with Crippen molar-refractivity contribution in [2.24, 2.45) is 11.8 Å². The number of hydrogen-bond acceptors (Lipinski definition) is 5. The number of piperidine rings is 1. The number of nitrogens with two attached hydrogens (primary N) is 1. The Labute approximate surface area is 100 Å². The van der Waals surface area contributed by atoms with E-state index in [0.717, 1.165) is 25.6 Å². The van der Waals surface area contributed by atoms with Gasteiger partial charge in [0.1, 0.15) is 0 Å². The summed E-state index contributed by atoms with van der Waals surface area (Å²) in [6.07, 6.45) is 3.26. The number of hydrogen-bond donors (Lipinski definition) is 2. The Kier molecular flexibility index (Phi) is 3.42. The van der Waals surface area contributed by atoms with Gasteiger partial charge in [-0.05, 0) is 25.7 Å². The predicted octanol–water partition coefficient (Wildman–Crippen LogP) is 1.53. The zero-order valence-electron chi connectivity index (χ0n) is 10.2. The standard InChI is InChI=1S/C11H18FN5/c1-7-3-4-17(8(2)5-7)10-9(12)6-14-11(15-10)16-13/h6-8H,3-5,13H2,1-2H3,(H,14,15,16). The molecular weight excluding hydrogens is 221 g/mol. The van der Waals surface area contributed by atoms with E-state index in [1.165, 1.54) is 0 Å². The topological polar surface area (TPSA) is 67.1 Å². The number of nitrogens with zero attached hydrogens (tertiary/aromatic N) is 3. The summed E-state index contributed by atoms with van der Waals surface area (Å²) in [6.45, 7) is 5.13. The third kappa shape index (κ3) is 2.46. The molecule has 0 radical (unpaired) electrons. The number of rotatable bonds is 2. The molecule has 1 saturated heterocycles. The first-order valence-corrected chi connectivity index (χ1v) is 5.87. The van der Waals surface area contributed by atoms with E-state index in [-0.39, 0.29) is 12.0 Å². The Morgan fingerprint density at radius 1 is 1.53 bits per heavy atom. The summed E-state index contributed by atoms with van der Waals surface area (Å²) in [6, 6.07) is 0.286. The minimum absolute atomic E-state index is 0.243.